The van der Waals surface area contributed by atoms with E-state index < -0.39 is 6.61 Å². The van der Waals surface area contributed by atoms with Gasteiger partial charge in [-0.05, 0) is 30.2 Å². The van der Waals surface area contributed by atoms with E-state index >= 15 is 0 Å². The molecule has 8 heteroatoms. The van der Waals surface area contributed by atoms with Gasteiger partial charge in [0.25, 0.3) is 0 Å². The second-order valence-electron chi connectivity index (χ2n) is 5.94. The van der Waals surface area contributed by atoms with Crippen LogP contribution in [-0.4, -0.2) is 21.4 Å². The molecule has 0 aliphatic carbocycles. The summed E-state index contributed by atoms with van der Waals surface area (Å²) in [7, 11) is 0. The van der Waals surface area contributed by atoms with Gasteiger partial charge in [-0.1, -0.05) is 41.9 Å². The maximum atomic E-state index is 12.8. The smallest absolute Gasteiger partial charge is 0.387 e. The number of hydrogen-bond acceptors (Lipinski definition) is 4. The van der Waals surface area contributed by atoms with Gasteiger partial charge in [0.05, 0.1) is 12.1 Å². The number of anilines is 1. The van der Waals surface area contributed by atoms with Gasteiger partial charge in [-0.15, -0.1) is 0 Å². The van der Waals surface area contributed by atoms with Gasteiger partial charge in [0.15, 0.2) is 0 Å². The molecule has 0 amide bonds. The predicted octanol–water partition coefficient (Wildman–Crippen LogP) is 4.68. The number of alkyl halides is 2. The Morgan fingerprint density at radius 2 is 1.92 bits per heavy atom. The van der Waals surface area contributed by atoms with Crippen molar-refractivity contribution in [1.29, 1.82) is 0 Å². The zero-order valence-electron chi connectivity index (χ0n) is 13.5. The summed E-state index contributed by atoms with van der Waals surface area (Å²) in [6.07, 6.45) is 2.07. The molecule has 134 valence electrons. The van der Waals surface area contributed by atoms with Crippen molar-refractivity contribution in [3.63, 3.8) is 0 Å². The van der Waals surface area contributed by atoms with Gasteiger partial charge in [-0.3, -0.25) is 0 Å². The first-order chi connectivity index (χ1) is 12.6. The van der Waals surface area contributed by atoms with Gasteiger partial charge in [0, 0.05) is 10.6 Å². The van der Waals surface area contributed by atoms with Crippen LogP contribution >= 0.6 is 11.6 Å². The van der Waals surface area contributed by atoms with Gasteiger partial charge < -0.3 is 10.1 Å². The molecule has 0 fully saturated rings. The largest absolute Gasteiger partial charge is 0.434 e. The molecule has 1 aromatic heterocycles. The minimum Gasteiger partial charge on any atom is -0.434 e. The molecule has 5 nitrogen and oxygen atoms in total. The molecule has 1 N–H and O–H groups in total. The van der Waals surface area contributed by atoms with Crippen LogP contribution in [0.4, 0.5) is 14.7 Å². The van der Waals surface area contributed by atoms with Crippen LogP contribution in [0.5, 0.6) is 5.75 Å². The van der Waals surface area contributed by atoms with Crippen molar-refractivity contribution in [1.82, 2.24) is 14.8 Å². The number of nitrogens with zero attached hydrogens (tertiary/aromatic N) is 3. The summed E-state index contributed by atoms with van der Waals surface area (Å²) < 4.78 is 32.0. The van der Waals surface area contributed by atoms with Gasteiger partial charge in [-0.25, -0.2) is 4.68 Å². The summed E-state index contributed by atoms with van der Waals surface area (Å²) >= 11 is 5.99. The average Bonchev–Trinajstić information content (AvgIpc) is 3.10. The average molecular weight is 377 g/mol. The molecule has 4 rings (SSSR count). The topological polar surface area (TPSA) is 52.0 Å². The first-order valence-electron chi connectivity index (χ1n) is 8.07. The van der Waals surface area contributed by atoms with Crippen molar-refractivity contribution in [2.45, 2.75) is 25.1 Å². The second kappa shape index (κ2) is 6.92. The molecule has 26 heavy (non-hydrogen) atoms. The third kappa shape index (κ3) is 3.22. The molecule has 1 aliphatic rings. The van der Waals surface area contributed by atoms with Gasteiger partial charge in [0.2, 0.25) is 5.95 Å². The fourth-order valence-corrected chi connectivity index (χ4v) is 3.38. The molecule has 2 unspecified atom stereocenters. The van der Waals surface area contributed by atoms with E-state index in [1.165, 1.54) is 6.33 Å². The Labute approximate surface area is 153 Å². The highest BCUT2D eigenvalue weighted by Gasteiger charge is 2.31. The summed E-state index contributed by atoms with van der Waals surface area (Å²) in [6.45, 7) is -2.88. The molecule has 3 aromatic rings. The second-order valence-corrected chi connectivity index (χ2v) is 6.38. The van der Waals surface area contributed by atoms with Crippen LogP contribution in [0, 0.1) is 0 Å². The van der Waals surface area contributed by atoms with Crippen LogP contribution in [-0.2, 0) is 0 Å². The molecule has 0 saturated carbocycles. The molecular formula is C18H15ClF2N4O. The number of aromatic nitrogens is 3. The maximum Gasteiger partial charge on any atom is 0.387 e. The zero-order chi connectivity index (χ0) is 18.1. The van der Waals surface area contributed by atoms with Crippen molar-refractivity contribution in [2.75, 3.05) is 5.32 Å². The van der Waals surface area contributed by atoms with Crippen molar-refractivity contribution < 1.29 is 13.5 Å². The van der Waals surface area contributed by atoms with E-state index in [0.717, 1.165) is 5.56 Å². The lowest BCUT2D eigenvalue weighted by Gasteiger charge is -2.32. The summed E-state index contributed by atoms with van der Waals surface area (Å²) in [5.41, 5.74) is 1.67. The van der Waals surface area contributed by atoms with Crippen LogP contribution in [0.1, 0.15) is 29.6 Å². The number of para-hydroxylation sites is 1. The highest BCUT2D eigenvalue weighted by atomic mass is 35.5. The van der Waals surface area contributed by atoms with Gasteiger partial charge in [0.1, 0.15) is 12.1 Å². The lowest BCUT2D eigenvalue weighted by atomic mass is 9.93. The molecule has 0 radical (unpaired) electrons. The normalized spacial score (nSPS) is 19.1. The minimum absolute atomic E-state index is 0.101. The first kappa shape index (κ1) is 16.8. The first-order valence-corrected chi connectivity index (χ1v) is 8.45. The lowest BCUT2D eigenvalue weighted by molar-refractivity contribution is -0.0506. The van der Waals surface area contributed by atoms with Crippen LogP contribution in [0.25, 0.3) is 0 Å². The molecule has 0 bridgehead atoms. The number of fused-ring (bicyclic) bond motifs is 1. The fourth-order valence-electron chi connectivity index (χ4n) is 3.26. The Kier molecular flexibility index (Phi) is 4.46. The van der Waals surface area contributed by atoms with Crippen molar-refractivity contribution in [2.24, 2.45) is 0 Å². The fraction of sp³-hybridized carbons (Fsp3) is 0.222. The monoisotopic (exact) mass is 376 g/mol. The van der Waals surface area contributed by atoms with Crippen LogP contribution < -0.4 is 10.1 Å². The van der Waals surface area contributed by atoms with Crippen LogP contribution in [0.15, 0.2) is 54.9 Å². The number of rotatable bonds is 4. The quantitative estimate of drug-likeness (QED) is 0.718. The highest BCUT2D eigenvalue weighted by Crippen LogP contribution is 2.40. The minimum atomic E-state index is -2.88. The third-order valence-corrected chi connectivity index (χ3v) is 4.65. The van der Waals surface area contributed by atoms with Gasteiger partial charge in [-0.2, -0.15) is 18.9 Å². The molecule has 0 saturated heterocycles. The van der Waals surface area contributed by atoms with E-state index in [2.05, 4.69) is 15.4 Å². The number of ether oxygens (including phenoxy) is 1. The lowest BCUT2D eigenvalue weighted by Crippen LogP contribution is -2.28. The molecule has 1 aliphatic heterocycles. The highest BCUT2D eigenvalue weighted by molar-refractivity contribution is 6.30. The van der Waals surface area contributed by atoms with E-state index in [-0.39, 0.29) is 17.8 Å². The molecular weight excluding hydrogens is 362 g/mol. The molecule has 0 spiro atoms. The van der Waals surface area contributed by atoms with E-state index in [0.29, 0.717) is 23.0 Å². The summed E-state index contributed by atoms with van der Waals surface area (Å²) in [5, 5.41) is 8.20. The molecule has 2 atom stereocenters. The Bertz CT molecular complexity index is 900. The number of nitrogens with one attached hydrogen (secondary N) is 1. The molecule has 2 aromatic carbocycles. The number of benzene rings is 2. The van der Waals surface area contributed by atoms with Gasteiger partial charge >= 0.3 is 6.61 Å². The molecule has 2 heterocycles. The maximum absolute atomic E-state index is 12.8. The summed E-state index contributed by atoms with van der Waals surface area (Å²) in [5.74, 6) is 0.732. The predicted molar refractivity (Wildman–Crippen MR) is 93.7 cm³/mol. The van der Waals surface area contributed by atoms with E-state index in [9.17, 15) is 8.78 Å². The van der Waals surface area contributed by atoms with E-state index in [4.69, 9.17) is 16.3 Å². The standard InChI is InChI=1S/C18H15ClF2N4O/c19-12-7-5-11(6-8-12)15-9-14(24-18-22-10-23-25(15)18)13-3-1-2-4-16(13)26-17(20)21/h1-8,10,14-15,17H,9H2,(H,22,23,24). The number of hydrogen-bond donors (Lipinski definition) is 1. The summed E-state index contributed by atoms with van der Waals surface area (Å²) in [6, 6.07) is 13.9. The SMILES string of the molecule is FC(F)Oc1ccccc1C1CC(c2ccc(Cl)cc2)n2ncnc2N1. The zero-order valence-corrected chi connectivity index (χ0v) is 14.3. The van der Waals surface area contributed by atoms with Crippen molar-refractivity contribution in [3.8, 4) is 5.75 Å². The van der Waals surface area contributed by atoms with Crippen LogP contribution in [0.2, 0.25) is 5.02 Å². The summed E-state index contributed by atoms with van der Waals surface area (Å²) in [4.78, 5) is 4.24. The van der Waals surface area contributed by atoms with Crippen molar-refractivity contribution in [3.05, 3.63) is 71.0 Å². The third-order valence-electron chi connectivity index (χ3n) is 4.40. The van der Waals surface area contributed by atoms with Crippen LogP contribution in [0.3, 0.4) is 0 Å². The Morgan fingerprint density at radius 1 is 1.15 bits per heavy atom. The van der Waals surface area contributed by atoms with E-state index in [1.54, 1.807) is 28.9 Å². The number of halogens is 3. The van der Waals surface area contributed by atoms with E-state index in [1.807, 2.05) is 24.3 Å². The Hall–Kier alpha value is -2.67. The Balaban J connectivity index is 1.71. The Morgan fingerprint density at radius 3 is 2.69 bits per heavy atom. The van der Waals surface area contributed by atoms with Crippen molar-refractivity contribution >= 4 is 17.5 Å².